The van der Waals surface area contributed by atoms with Gasteiger partial charge < -0.3 is 14.6 Å². The van der Waals surface area contributed by atoms with Crippen molar-refractivity contribution in [3.8, 4) is 0 Å². The molecule has 6 heteroatoms. The quantitative estimate of drug-likeness (QED) is 0.522. The molecule has 1 N–H and O–H groups in total. The van der Waals surface area contributed by atoms with Crippen LogP contribution in [0.5, 0.6) is 0 Å². The molecule has 27 heavy (non-hydrogen) atoms. The summed E-state index contributed by atoms with van der Waals surface area (Å²) in [6.45, 7) is 15.7. The SMILES string of the molecule is CCOC(=O)c1[nH]c(C)c(C(=O)C(C)N(CCC(C)C)C(=O)C(C)C)c1C. The van der Waals surface area contributed by atoms with Crippen LogP contribution in [0.4, 0.5) is 0 Å². The van der Waals surface area contributed by atoms with E-state index in [4.69, 9.17) is 4.74 Å². The minimum Gasteiger partial charge on any atom is -0.461 e. The summed E-state index contributed by atoms with van der Waals surface area (Å²) in [6.07, 6.45) is 0.829. The average molecular weight is 379 g/mol. The van der Waals surface area contributed by atoms with Gasteiger partial charge in [-0.15, -0.1) is 0 Å². The number of ketones is 1. The number of carbonyl (C=O) groups excluding carboxylic acids is 3. The summed E-state index contributed by atoms with van der Waals surface area (Å²) in [5.74, 6) is -0.418. The van der Waals surface area contributed by atoms with Crippen LogP contribution >= 0.6 is 0 Å². The Morgan fingerprint density at radius 2 is 1.67 bits per heavy atom. The largest absolute Gasteiger partial charge is 0.461 e. The second kappa shape index (κ2) is 9.72. The van der Waals surface area contributed by atoms with Crippen molar-refractivity contribution in [1.29, 1.82) is 0 Å². The number of esters is 1. The van der Waals surface area contributed by atoms with Crippen LogP contribution < -0.4 is 0 Å². The highest BCUT2D eigenvalue weighted by Gasteiger charge is 2.31. The molecular formula is C21H34N2O4. The second-order valence-corrected chi connectivity index (χ2v) is 7.75. The van der Waals surface area contributed by atoms with Gasteiger partial charge in [0.25, 0.3) is 0 Å². The monoisotopic (exact) mass is 378 g/mol. The topological polar surface area (TPSA) is 79.5 Å². The maximum Gasteiger partial charge on any atom is 0.355 e. The number of nitrogens with zero attached hydrogens (tertiary/aromatic N) is 1. The van der Waals surface area contributed by atoms with Crippen LogP contribution in [0.3, 0.4) is 0 Å². The molecule has 1 amide bonds. The number of aryl methyl sites for hydroxylation is 1. The van der Waals surface area contributed by atoms with E-state index in [9.17, 15) is 14.4 Å². The fourth-order valence-electron chi connectivity index (χ4n) is 3.10. The van der Waals surface area contributed by atoms with Crippen LogP contribution in [-0.4, -0.2) is 46.7 Å². The van der Waals surface area contributed by atoms with E-state index in [1.807, 2.05) is 13.8 Å². The van der Waals surface area contributed by atoms with Crippen molar-refractivity contribution in [1.82, 2.24) is 9.88 Å². The molecule has 0 spiro atoms. The first kappa shape index (κ1) is 22.9. The zero-order valence-corrected chi connectivity index (χ0v) is 17.9. The first-order chi connectivity index (χ1) is 12.5. The van der Waals surface area contributed by atoms with Crippen molar-refractivity contribution in [2.45, 2.75) is 67.9 Å². The fourth-order valence-corrected chi connectivity index (χ4v) is 3.10. The smallest absolute Gasteiger partial charge is 0.355 e. The molecule has 0 bridgehead atoms. The van der Waals surface area contributed by atoms with E-state index in [0.717, 1.165) is 6.42 Å². The van der Waals surface area contributed by atoms with Crippen LogP contribution in [0.25, 0.3) is 0 Å². The first-order valence-electron chi connectivity index (χ1n) is 9.73. The molecule has 0 aliphatic rings. The predicted octanol–water partition coefficient (Wildman–Crippen LogP) is 3.91. The number of ether oxygens (including phenoxy) is 1. The standard InChI is InChI=1S/C21H34N2O4/c1-9-27-21(26)18-14(6)17(15(7)22-18)19(24)16(8)23(11-10-12(2)3)20(25)13(4)5/h12-13,16,22H,9-11H2,1-8H3. The fraction of sp³-hybridized carbons (Fsp3) is 0.667. The Morgan fingerprint density at radius 1 is 1.07 bits per heavy atom. The van der Waals surface area contributed by atoms with E-state index >= 15 is 0 Å². The van der Waals surface area contributed by atoms with Crippen LogP contribution in [0.1, 0.15) is 80.1 Å². The van der Waals surface area contributed by atoms with Gasteiger partial charge in [0.05, 0.1) is 12.6 Å². The molecule has 1 aromatic heterocycles. The Bertz CT molecular complexity index is 689. The second-order valence-electron chi connectivity index (χ2n) is 7.75. The zero-order valence-electron chi connectivity index (χ0n) is 17.9. The number of amides is 1. The highest BCUT2D eigenvalue weighted by molar-refractivity contribution is 6.06. The van der Waals surface area contributed by atoms with Crippen molar-refractivity contribution in [3.63, 3.8) is 0 Å². The third kappa shape index (κ3) is 5.44. The highest BCUT2D eigenvalue weighted by Crippen LogP contribution is 2.23. The van der Waals surface area contributed by atoms with E-state index in [-0.39, 0.29) is 24.2 Å². The van der Waals surface area contributed by atoms with Gasteiger partial charge in [-0.3, -0.25) is 9.59 Å². The van der Waals surface area contributed by atoms with E-state index in [2.05, 4.69) is 18.8 Å². The molecular weight excluding hydrogens is 344 g/mol. The van der Waals surface area contributed by atoms with Gasteiger partial charge in [0.2, 0.25) is 5.91 Å². The molecule has 1 rings (SSSR count). The molecule has 1 unspecified atom stereocenters. The number of aromatic amines is 1. The Hall–Kier alpha value is -2.11. The normalized spacial score (nSPS) is 12.4. The maximum atomic E-state index is 13.2. The number of carbonyl (C=O) groups is 3. The summed E-state index contributed by atoms with van der Waals surface area (Å²) in [5.41, 5.74) is 1.96. The lowest BCUT2D eigenvalue weighted by Gasteiger charge is -2.30. The Morgan fingerprint density at radius 3 is 2.15 bits per heavy atom. The van der Waals surface area contributed by atoms with Crippen LogP contribution in [0.2, 0.25) is 0 Å². The van der Waals surface area contributed by atoms with Crippen molar-refractivity contribution >= 4 is 17.7 Å². The predicted molar refractivity (Wildman–Crippen MR) is 106 cm³/mol. The molecule has 1 atom stereocenters. The van der Waals surface area contributed by atoms with Gasteiger partial charge in [-0.1, -0.05) is 27.7 Å². The summed E-state index contributed by atoms with van der Waals surface area (Å²) in [6, 6.07) is -0.595. The molecule has 1 heterocycles. The van der Waals surface area contributed by atoms with Crippen molar-refractivity contribution in [3.05, 3.63) is 22.5 Å². The van der Waals surface area contributed by atoms with Gasteiger partial charge in [0.1, 0.15) is 5.69 Å². The third-order valence-corrected chi connectivity index (χ3v) is 4.73. The summed E-state index contributed by atoms with van der Waals surface area (Å²) in [7, 11) is 0. The number of H-pyrrole nitrogens is 1. The molecule has 1 aromatic rings. The van der Waals surface area contributed by atoms with Gasteiger partial charge >= 0.3 is 5.97 Å². The summed E-state index contributed by atoms with van der Waals surface area (Å²) in [5, 5.41) is 0. The summed E-state index contributed by atoms with van der Waals surface area (Å²) >= 11 is 0. The first-order valence-corrected chi connectivity index (χ1v) is 9.73. The van der Waals surface area contributed by atoms with Gasteiger partial charge in [0.15, 0.2) is 5.78 Å². The number of Topliss-reactive ketones (excluding diaryl/α,β-unsaturated/α-hetero) is 1. The Labute approximate surface area is 162 Å². The summed E-state index contributed by atoms with van der Waals surface area (Å²) < 4.78 is 5.05. The van der Waals surface area contributed by atoms with E-state index in [0.29, 0.717) is 35.0 Å². The molecule has 0 aliphatic carbocycles. The third-order valence-electron chi connectivity index (χ3n) is 4.73. The molecule has 152 valence electrons. The van der Waals surface area contributed by atoms with Crippen LogP contribution in [0.15, 0.2) is 0 Å². The van der Waals surface area contributed by atoms with E-state index in [1.54, 1.807) is 32.6 Å². The molecule has 0 aliphatic heterocycles. The van der Waals surface area contributed by atoms with Gasteiger partial charge in [0, 0.05) is 23.7 Å². The van der Waals surface area contributed by atoms with E-state index < -0.39 is 12.0 Å². The van der Waals surface area contributed by atoms with Crippen LogP contribution in [-0.2, 0) is 9.53 Å². The summed E-state index contributed by atoms with van der Waals surface area (Å²) in [4.78, 5) is 42.7. The molecule has 0 aromatic carbocycles. The lowest BCUT2D eigenvalue weighted by atomic mass is 9.98. The Kier molecular flexibility index (Phi) is 8.25. The van der Waals surface area contributed by atoms with Crippen molar-refractivity contribution < 1.29 is 19.1 Å². The Balaban J connectivity index is 3.20. The van der Waals surface area contributed by atoms with Gasteiger partial charge in [-0.05, 0) is 45.6 Å². The molecule has 0 fully saturated rings. The molecule has 0 saturated carbocycles. The van der Waals surface area contributed by atoms with Crippen LogP contribution in [0, 0.1) is 25.7 Å². The lowest BCUT2D eigenvalue weighted by molar-refractivity contribution is -0.135. The van der Waals surface area contributed by atoms with Gasteiger partial charge in [-0.2, -0.15) is 0 Å². The maximum absolute atomic E-state index is 13.2. The van der Waals surface area contributed by atoms with Gasteiger partial charge in [-0.25, -0.2) is 4.79 Å². The number of hydrogen-bond acceptors (Lipinski definition) is 4. The number of nitrogens with one attached hydrogen (secondary N) is 1. The highest BCUT2D eigenvalue weighted by atomic mass is 16.5. The number of aromatic nitrogens is 1. The number of hydrogen-bond donors (Lipinski definition) is 1. The van der Waals surface area contributed by atoms with Crippen molar-refractivity contribution in [2.24, 2.45) is 11.8 Å². The van der Waals surface area contributed by atoms with Crippen molar-refractivity contribution in [2.75, 3.05) is 13.2 Å². The zero-order chi connectivity index (χ0) is 20.9. The molecule has 6 nitrogen and oxygen atoms in total. The lowest BCUT2D eigenvalue weighted by Crippen LogP contribution is -2.46. The molecule has 0 saturated heterocycles. The average Bonchev–Trinajstić information content (AvgIpc) is 2.88. The minimum absolute atomic E-state index is 0.0343. The van der Waals surface area contributed by atoms with E-state index in [1.165, 1.54) is 0 Å². The molecule has 0 radical (unpaired) electrons. The number of rotatable bonds is 9. The minimum atomic E-state index is -0.595.